The first-order valence-electron chi connectivity index (χ1n) is 9.96. The molecule has 0 bridgehead atoms. The van der Waals surface area contributed by atoms with E-state index in [0.29, 0.717) is 32.6 Å². The van der Waals surface area contributed by atoms with Crippen molar-refractivity contribution in [1.82, 2.24) is 10.3 Å². The standard InChI is InChI=1S/C20H32N2O5S3/c1-20(2,26-13-6-15-28-27-14-5-8-19(24)25)10-12-21-17(23)9-16-29-30-18-7-3-4-11-22-18/h3-4,7,11H,5-6,8-10,12-16H2,1-2H3,(H,21,23)(H,24,25). The molecule has 7 nitrogen and oxygen atoms in total. The van der Waals surface area contributed by atoms with E-state index in [4.69, 9.17) is 14.0 Å². The number of rotatable bonds is 18. The van der Waals surface area contributed by atoms with Crippen LogP contribution in [0.15, 0.2) is 29.4 Å². The second-order valence-corrected chi connectivity index (χ2v) is 10.3. The Balaban J connectivity index is 1.96. The normalized spacial score (nSPS) is 11.4. The maximum absolute atomic E-state index is 11.9. The molecule has 0 radical (unpaired) electrons. The maximum atomic E-state index is 11.9. The first-order chi connectivity index (χ1) is 14.4. The molecule has 1 rings (SSSR count). The Labute approximate surface area is 191 Å². The number of hydrogen-bond acceptors (Lipinski definition) is 8. The van der Waals surface area contributed by atoms with Crippen molar-refractivity contribution in [3.63, 3.8) is 0 Å². The Morgan fingerprint density at radius 1 is 1.17 bits per heavy atom. The van der Waals surface area contributed by atoms with Gasteiger partial charge in [0.1, 0.15) is 5.03 Å². The molecule has 170 valence electrons. The van der Waals surface area contributed by atoms with Gasteiger partial charge in [0, 0.05) is 43.7 Å². The van der Waals surface area contributed by atoms with E-state index in [9.17, 15) is 9.59 Å². The summed E-state index contributed by atoms with van der Waals surface area (Å²) in [5.74, 6) is 0.794. The zero-order chi connectivity index (χ0) is 22.1. The van der Waals surface area contributed by atoms with E-state index in [2.05, 4.69) is 10.3 Å². The minimum atomic E-state index is -0.797. The fraction of sp³-hybridized carbons (Fsp3) is 0.650. The van der Waals surface area contributed by atoms with Gasteiger partial charge in [0.2, 0.25) is 5.91 Å². The molecule has 2 N–H and O–H groups in total. The van der Waals surface area contributed by atoms with E-state index in [-0.39, 0.29) is 17.9 Å². The van der Waals surface area contributed by atoms with Crippen LogP contribution in [0.1, 0.15) is 46.0 Å². The third kappa shape index (κ3) is 15.8. The lowest BCUT2D eigenvalue weighted by Gasteiger charge is -2.25. The first kappa shape index (κ1) is 27.1. The summed E-state index contributed by atoms with van der Waals surface area (Å²) < 4.78 is 11.2. The van der Waals surface area contributed by atoms with Gasteiger partial charge >= 0.3 is 5.97 Å². The molecule has 10 heteroatoms. The summed E-state index contributed by atoms with van der Waals surface area (Å²) in [6.45, 7) is 5.70. The maximum Gasteiger partial charge on any atom is 0.303 e. The van der Waals surface area contributed by atoms with Crippen LogP contribution in [0.3, 0.4) is 0 Å². The molecule has 0 saturated carbocycles. The van der Waals surface area contributed by atoms with Gasteiger partial charge < -0.3 is 19.3 Å². The number of pyridine rings is 1. The van der Waals surface area contributed by atoms with Gasteiger partial charge in [-0.3, -0.25) is 9.59 Å². The minimum absolute atomic E-state index is 0.0522. The molecule has 0 aliphatic heterocycles. The Bertz CT molecular complexity index is 605. The average Bonchev–Trinajstić information content (AvgIpc) is 2.70. The number of nitrogens with one attached hydrogen (secondary N) is 1. The molecule has 0 spiro atoms. The predicted octanol–water partition coefficient (Wildman–Crippen LogP) is 4.43. The number of aromatic nitrogens is 1. The smallest absolute Gasteiger partial charge is 0.303 e. The van der Waals surface area contributed by atoms with Crippen molar-refractivity contribution in [2.75, 3.05) is 31.3 Å². The topological polar surface area (TPSA) is 97.8 Å². The Hall–Kier alpha value is -0.940. The van der Waals surface area contributed by atoms with Crippen LogP contribution >= 0.6 is 33.6 Å². The van der Waals surface area contributed by atoms with E-state index >= 15 is 0 Å². The highest BCUT2D eigenvalue weighted by molar-refractivity contribution is 8.76. The summed E-state index contributed by atoms with van der Waals surface area (Å²) in [5, 5.41) is 12.4. The van der Waals surface area contributed by atoms with Crippen LogP contribution in [-0.2, 0) is 18.5 Å². The van der Waals surface area contributed by atoms with Crippen molar-refractivity contribution >= 4 is 45.5 Å². The van der Waals surface area contributed by atoms with E-state index < -0.39 is 5.97 Å². The second-order valence-electron chi connectivity index (χ2n) is 7.03. The van der Waals surface area contributed by atoms with Crippen molar-refractivity contribution in [2.24, 2.45) is 0 Å². The van der Waals surface area contributed by atoms with Gasteiger partial charge in [-0.05, 0) is 68.1 Å². The highest BCUT2D eigenvalue weighted by atomic mass is 33.1. The third-order valence-corrected chi connectivity index (χ3v) is 6.87. The summed E-state index contributed by atoms with van der Waals surface area (Å²) in [7, 11) is 3.21. The van der Waals surface area contributed by atoms with Gasteiger partial charge in [-0.1, -0.05) is 16.9 Å². The molecule has 1 aromatic heterocycles. The highest BCUT2D eigenvalue weighted by Crippen LogP contribution is 2.29. The van der Waals surface area contributed by atoms with E-state index in [1.807, 2.05) is 32.0 Å². The zero-order valence-electron chi connectivity index (χ0n) is 17.6. The van der Waals surface area contributed by atoms with Crippen LogP contribution in [0.5, 0.6) is 0 Å². The fourth-order valence-electron chi connectivity index (χ4n) is 2.16. The first-order valence-corrected chi connectivity index (χ1v) is 13.2. The number of hydrogen-bond donors (Lipinski definition) is 2. The molecule has 0 aliphatic rings. The Morgan fingerprint density at radius 3 is 2.73 bits per heavy atom. The van der Waals surface area contributed by atoms with Crippen molar-refractivity contribution in [1.29, 1.82) is 0 Å². The summed E-state index contributed by atoms with van der Waals surface area (Å²) in [6, 6.07) is 5.78. The van der Waals surface area contributed by atoms with Gasteiger partial charge in [0.15, 0.2) is 0 Å². The summed E-state index contributed by atoms with van der Waals surface area (Å²) >= 11 is 1.35. The molecule has 0 atom stereocenters. The van der Waals surface area contributed by atoms with E-state index in [1.165, 1.54) is 12.0 Å². The number of amides is 1. The molecule has 1 aromatic rings. The molecule has 0 saturated heterocycles. The van der Waals surface area contributed by atoms with Crippen LogP contribution in [0, 0.1) is 0 Å². The van der Waals surface area contributed by atoms with E-state index in [0.717, 1.165) is 29.4 Å². The number of carboxylic acids is 1. The number of nitrogens with zero attached hydrogens (tertiary/aromatic N) is 1. The highest BCUT2D eigenvalue weighted by Gasteiger charge is 2.18. The molecule has 1 amide bonds. The van der Waals surface area contributed by atoms with Gasteiger partial charge in [-0.2, -0.15) is 0 Å². The average molecular weight is 477 g/mol. The van der Waals surface area contributed by atoms with Crippen molar-refractivity contribution in [3.8, 4) is 0 Å². The largest absolute Gasteiger partial charge is 0.481 e. The molecule has 1 heterocycles. The van der Waals surface area contributed by atoms with Gasteiger partial charge in [0.05, 0.1) is 12.2 Å². The number of carboxylic acid groups (broad SMARTS) is 1. The van der Waals surface area contributed by atoms with Crippen LogP contribution in [0.4, 0.5) is 0 Å². The zero-order valence-corrected chi connectivity index (χ0v) is 20.1. The second kappa shape index (κ2) is 16.7. The molecule has 30 heavy (non-hydrogen) atoms. The summed E-state index contributed by atoms with van der Waals surface area (Å²) in [6.07, 6.45) is 4.50. The van der Waals surface area contributed by atoms with Gasteiger partial charge in [0.25, 0.3) is 0 Å². The summed E-state index contributed by atoms with van der Waals surface area (Å²) in [4.78, 5) is 26.6. The predicted molar refractivity (Wildman–Crippen MR) is 125 cm³/mol. The monoisotopic (exact) mass is 476 g/mol. The molecule has 0 aliphatic carbocycles. The SMILES string of the molecule is CC(C)(CCNC(=O)CCSSc1ccccn1)OCCCSOCCCC(=O)O. The number of aliphatic carboxylic acids is 1. The lowest BCUT2D eigenvalue weighted by molar-refractivity contribution is -0.137. The van der Waals surface area contributed by atoms with Crippen molar-refractivity contribution < 1.29 is 23.6 Å². The van der Waals surface area contributed by atoms with Crippen LogP contribution in [0.25, 0.3) is 0 Å². The molecular formula is C20H32N2O5S3. The minimum Gasteiger partial charge on any atom is -0.481 e. The summed E-state index contributed by atoms with van der Waals surface area (Å²) in [5.41, 5.74) is -0.302. The Kier molecular flexibility index (Phi) is 15.1. The fourth-order valence-corrected chi connectivity index (χ4v) is 4.62. The van der Waals surface area contributed by atoms with Gasteiger partial charge in [-0.25, -0.2) is 4.98 Å². The van der Waals surface area contributed by atoms with Crippen molar-refractivity contribution in [2.45, 2.75) is 56.6 Å². The molecule has 0 fully saturated rings. The third-order valence-electron chi connectivity index (χ3n) is 3.81. The Morgan fingerprint density at radius 2 is 2.00 bits per heavy atom. The van der Waals surface area contributed by atoms with E-state index in [1.54, 1.807) is 27.8 Å². The number of ether oxygens (including phenoxy) is 1. The van der Waals surface area contributed by atoms with Crippen LogP contribution in [-0.4, -0.2) is 58.8 Å². The quantitative estimate of drug-likeness (QED) is 0.181. The molecule has 0 unspecified atom stereocenters. The van der Waals surface area contributed by atoms with Crippen LogP contribution < -0.4 is 5.32 Å². The van der Waals surface area contributed by atoms with Crippen molar-refractivity contribution in [3.05, 3.63) is 24.4 Å². The number of carbonyl (C=O) groups is 2. The number of carbonyl (C=O) groups excluding carboxylic acids is 1. The lowest BCUT2D eigenvalue weighted by atomic mass is 10.1. The molecular weight excluding hydrogens is 444 g/mol. The lowest BCUT2D eigenvalue weighted by Crippen LogP contribution is -2.33. The van der Waals surface area contributed by atoms with Crippen LogP contribution in [0.2, 0.25) is 0 Å². The van der Waals surface area contributed by atoms with Gasteiger partial charge in [-0.15, -0.1) is 0 Å². The molecule has 0 aromatic carbocycles.